The van der Waals surface area contributed by atoms with E-state index in [1.165, 1.54) is 16.8 Å². The molecule has 2 rings (SSSR count). The largest absolute Gasteiger partial charge is 0.385 e. The van der Waals surface area contributed by atoms with Crippen LogP contribution in [-0.4, -0.2) is 6.54 Å². The van der Waals surface area contributed by atoms with Crippen LogP contribution in [0.15, 0.2) is 48.5 Å². The molecule has 0 unspecified atom stereocenters. The fraction of sp³-hybridized carbons (Fsp3) is 0.250. The maximum atomic E-state index is 5.93. The molecule has 2 aromatic carbocycles. The van der Waals surface area contributed by atoms with Crippen molar-refractivity contribution in [1.29, 1.82) is 0 Å². The third kappa shape index (κ3) is 3.78. The first kappa shape index (κ1) is 13.0. The van der Waals surface area contributed by atoms with Crippen LogP contribution in [0.4, 0.5) is 5.69 Å². The molecule has 18 heavy (non-hydrogen) atoms. The molecule has 2 heteroatoms. The topological polar surface area (TPSA) is 12.0 Å². The van der Waals surface area contributed by atoms with Gasteiger partial charge < -0.3 is 5.32 Å². The average molecular weight is 260 g/mol. The maximum Gasteiger partial charge on any atom is 0.0410 e. The van der Waals surface area contributed by atoms with E-state index in [-0.39, 0.29) is 0 Å². The summed E-state index contributed by atoms with van der Waals surface area (Å²) in [6, 6.07) is 16.5. The quantitative estimate of drug-likeness (QED) is 0.768. The van der Waals surface area contributed by atoms with Crippen LogP contribution in [0.25, 0.3) is 0 Å². The Morgan fingerprint density at radius 2 is 1.83 bits per heavy atom. The molecule has 0 spiro atoms. The third-order valence-electron chi connectivity index (χ3n) is 2.99. The molecular formula is C16H18ClN. The van der Waals surface area contributed by atoms with E-state index < -0.39 is 0 Å². The predicted molar refractivity (Wildman–Crippen MR) is 79.4 cm³/mol. The average Bonchev–Trinajstić information content (AvgIpc) is 2.38. The Morgan fingerprint density at radius 1 is 1.06 bits per heavy atom. The number of nitrogens with one attached hydrogen (secondary N) is 1. The van der Waals surface area contributed by atoms with Crippen LogP contribution in [-0.2, 0) is 6.42 Å². The van der Waals surface area contributed by atoms with Gasteiger partial charge in [0.05, 0.1) is 0 Å². The Balaban J connectivity index is 1.79. The summed E-state index contributed by atoms with van der Waals surface area (Å²) in [6.45, 7) is 3.06. The van der Waals surface area contributed by atoms with Gasteiger partial charge in [-0.05, 0) is 49.1 Å². The number of benzene rings is 2. The highest BCUT2D eigenvalue weighted by atomic mass is 35.5. The van der Waals surface area contributed by atoms with Crippen LogP contribution in [0, 0.1) is 6.92 Å². The van der Waals surface area contributed by atoms with Crippen LogP contribution in [0.2, 0.25) is 5.02 Å². The Bertz CT molecular complexity index is 494. The van der Waals surface area contributed by atoms with Crippen molar-refractivity contribution in [3.05, 3.63) is 64.7 Å². The highest BCUT2D eigenvalue weighted by Crippen LogP contribution is 2.19. The third-order valence-corrected chi connectivity index (χ3v) is 3.22. The summed E-state index contributed by atoms with van der Waals surface area (Å²) in [5.74, 6) is 0. The lowest BCUT2D eigenvalue weighted by molar-refractivity contribution is 0.862. The van der Waals surface area contributed by atoms with Gasteiger partial charge in [0.15, 0.2) is 0 Å². The summed E-state index contributed by atoms with van der Waals surface area (Å²) < 4.78 is 0. The van der Waals surface area contributed by atoms with Gasteiger partial charge in [-0.25, -0.2) is 0 Å². The first-order chi connectivity index (χ1) is 8.75. The van der Waals surface area contributed by atoms with Gasteiger partial charge in [-0.3, -0.25) is 0 Å². The molecule has 94 valence electrons. The molecule has 0 aromatic heterocycles. The van der Waals surface area contributed by atoms with Gasteiger partial charge in [0.2, 0.25) is 0 Å². The molecule has 0 aliphatic heterocycles. The summed E-state index contributed by atoms with van der Waals surface area (Å²) in [6.07, 6.45) is 2.24. The molecule has 1 nitrogen and oxygen atoms in total. The molecular weight excluding hydrogens is 242 g/mol. The second-order valence-electron chi connectivity index (χ2n) is 4.48. The van der Waals surface area contributed by atoms with E-state index in [9.17, 15) is 0 Å². The Labute approximate surface area is 114 Å². The van der Waals surface area contributed by atoms with E-state index in [1.54, 1.807) is 0 Å². The minimum Gasteiger partial charge on any atom is -0.385 e. The van der Waals surface area contributed by atoms with Gasteiger partial charge in [0, 0.05) is 17.3 Å². The normalized spacial score (nSPS) is 10.3. The van der Waals surface area contributed by atoms with E-state index in [0.717, 1.165) is 24.4 Å². The summed E-state index contributed by atoms with van der Waals surface area (Å²) in [5.41, 5.74) is 3.77. The van der Waals surface area contributed by atoms with E-state index in [0.29, 0.717) is 0 Å². The van der Waals surface area contributed by atoms with Crippen molar-refractivity contribution in [2.24, 2.45) is 0 Å². The molecule has 1 N–H and O–H groups in total. The molecule has 0 amide bonds. The Morgan fingerprint density at radius 3 is 2.56 bits per heavy atom. The van der Waals surface area contributed by atoms with Gasteiger partial charge in [-0.2, -0.15) is 0 Å². The second kappa shape index (κ2) is 6.46. The molecule has 0 bridgehead atoms. The first-order valence-electron chi connectivity index (χ1n) is 6.29. The van der Waals surface area contributed by atoms with Gasteiger partial charge in [0.1, 0.15) is 0 Å². The zero-order valence-corrected chi connectivity index (χ0v) is 11.4. The molecule has 0 aliphatic carbocycles. The number of halogens is 1. The minimum atomic E-state index is 0.794. The lowest BCUT2D eigenvalue weighted by atomic mass is 10.1. The van der Waals surface area contributed by atoms with Gasteiger partial charge in [-0.15, -0.1) is 0 Å². The molecule has 0 heterocycles. The van der Waals surface area contributed by atoms with Gasteiger partial charge in [0.25, 0.3) is 0 Å². The molecule has 0 fully saturated rings. The molecule has 2 aromatic rings. The molecule has 0 aliphatic rings. The number of hydrogen-bond donors (Lipinski definition) is 1. The molecule has 0 saturated carbocycles. The number of anilines is 1. The maximum absolute atomic E-state index is 5.93. The molecule has 0 radical (unpaired) electrons. The zero-order chi connectivity index (χ0) is 12.8. The van der Waals surface area contributed by atoms with Crippen molar-refractivity contribution in [2.45, 2.75) is 19.8 Å². The van der Waals surface area contributed by atoms with Crippen molar-refractivity contribution in [3.63, 3.8) is 0 Å². The van der Waals surface area contributed by atoms with Crippen molar-refractivity contribution in [3.8, 4) is 0 Å². The van der Waals surface area contributed by atoms with E-state index in [2.05, 4.69) is 42.6 Å². The van der Waals surface area contributed by atoms with Crippen LogP contribution < -0.4 is 5.32 Å². The Hall–Kier alpha value is -1.47. The van der Waals surface area contributed by atoms with Crippen LogP contribution >= 0.6 is 11.6 Å². The van der Waals surface area contributed by atoms with E-state index in [4.69, 9.17) is 11.6 Å². The predicted octanol–water partition coefficient (Wildman–Crippen LogP) is 4.69. The van der Waals surface area contributed by atoms with Crippen LogP contribution in [0.5, 0.6) is 0 Å². The van der Waals surface area contributed by atoms with Gasteiger partial charge in [-0.1, -0.05) is 41.9 Å². The lowest BCUT2D eigenvalue weighted by Crippen LogP contribution is -2.04. The standard InChI is InChI=1S/C16H18ClN/c1-13-12-15(17)9-10-16(13)18-11-5-8-14-6-3-2-4-7-14/h2-4,6-7,9-10,12,18H,5,8,11H2,1H3. The minimum absolute atomic E-state index is 0.794. The van der Waals surface area contributed by atoms with E-state index >= 15 is 0 Å². The van der Waals surface area contributed by atoms with Crippen molar-refractivity contribution < 1.29 is 0 Å². The summed E-state index contributed by atoms with van der Waals surface area (Å²) in [5, 5.41) is 4.25. The highest BCUT2D eigenvalue weighted by molar-refractivity contribution is 6.30. The van der Waals surface area contributed by atoms with Gasteiger partial charge >= 0.3 is 0 Å². The Kier molecular flexibility index (Phi) is 4.66. The smallest absolute Gasteiger partial charge is 0.0410 e. The summed E-state index contributed by atoms with van der Waals surface area (Å²) in [7, 11) is 0. The van der Waals surface area contributed by atoms with E-state index in [1.807, 2.05) is 18.2 Å². The summed E-state index contributed by atoms with van der Waals surface area (Å²) in [4.78, 5) is 0. The number of hydrogen-bond acceptors (Lipinski definition) is 1. The molecule has 0 saturated heterocycles. The monoisotopic (exact) mass is 259 g/mol. The first-order valence-corrected chi connectivity index (χ1v) is 6.67. The number of rotatable bonds is 5. The SMILES string of the molecule is Cc1cc(Cl)ccc1NCCCc1ccccc1. The fourth-order valence-electron chi connectivity index (χ4n) is 1.99. The highest BCUT2D eigenvalue weighted by Gasteiger charge is 1.98. The summed E-state index contributed by atoms with van der Waals surface area (Å²) >= 11 is 5.93. The van der Waals surface area contributed by atoms with Crippen molar-refractivity contribution >= 4 is 17.3 Å². The second-order valence-corrected chi connectivity index (χ2v) is 4.91. The fourth-order valence-corrected chi connectivity index (χ4v) is 2.21. The zero-order valence-electron chi connectivity index (χ0n) is 10.6. The van der Waals surface area contributed by atoms with Crippen LogP contribution in [0.1, 0.15) is 17.5 Å². The van der Waals surface area contributed by atoms with Crippen molar-refractivity contribution in [1.82, 2.24) is 0 Å². The van der Waals surface area contributed by atoms with Crippen molar-refractivity contribution in [2.75, 3.05) is 11.9 Å². The molecule has 0 atom stereocenters. The van der Waals surface area contributed by atoms with Crippen LogP contribution in [0.3, 0.4) is 0 Å². The lowest BCUT2D eigenvalue weighted by Gasteiger charge is -2.09. The number of aryl methyl sites for hydroxylation is 2.